The Morgan fingerprint density at radius 1 is 1.16 bits per heavy atom. The Labute approximate surface area is 192 Å². The number of carbonyl (C=O) groups is 1. The number of aryl methyl sites for hydroxylation is 1. The highest BCUT2D eigenvalue weighted by Crippen LogP contribution is 2.41. The summed E-state index contributed by atoms with van der Waals surface area (Å²) in [6.07, 6.45) is -2.40. The zero-order valence-corrected chi connectivity index (χ0v) is 18.7. The zero-order chi connectivity index (χ0) is 23.1. The number of halogens is 4. The smallest absolute Gasteiger partial charge is 0.385 e. The minimum absolute atomic E-state index is 0.186. The van der Waals surface area contributed by atoms with E-state index in [2.05, 4.69) is 4.99 Å². The van der Waals surface area contributed by atoms with E-state index in [-0.39, 0.29) is 24.3 Å². The molecule has 0 bridgehead atoms. The van der Waals surface area contributed by atoms with Gasteiger partial charge in [0.2, 0.25) is 0 Å². The van der Waals surface area contributed by atoms with Gasteiger partial charge < -0.3 is 10.0 Å². The molecule has 32 heavy (non-hydrogen) atoms. The Hall–Kier alpha value is -2.29. The van der Waals surface area contributed by atoms with Crippen LogP contribution in [-0.4, -0.2) is 34.2 Å². The number of hydrogen-bond acceptors (Lipinski definition) is 4. The van der Waals surface area contributed by atoms with Crippen molar-refractivity contribution in [2.24, 2.45) is 4.99 Å². The lowest BCUT2D eigenvalue weighted by Crippen LogP contribution is -2.44. The molecule has 1 N–H and O–H groups in total. The van der Waals surface area contributed by atoms with Crippen LogP contribution in [0.15, 0.2) is 52.4 Å². The summed E-state index contributed by atoms with van der Waals surface area (Å²) in [5, 5.41) is 11.2. The number of benzene rings is 2. The first-order chi connectivity index (χ1) is 15.0. The van der Waals surface area contributed by atoms with Crippen molar-refractivity contribution in [2.75, 3.05) is 13.1 Å². The number of amidine groups is 1. The van der Waals surface area contributed by atoms with E-state index in [1.807, 2.05) is 36.1 Å². The van der Waals surface area contributed by atoms with Crippen LogP contribution in [0.25, 0.3) is 6.08 Å². The molecule has 0 saturated carbocycles. The van der Waals surface area contributed by atoms with Gasteiger partial charge in [-0.2, -0.15) is 18.2 Å². The fourth-order valence-corrected chi connectivity index (χ4v) is 4.93. The Morgan fingerprint density at radius 3 is 2.44 bits per heavy atom. The molecule has 2 aliphatic rings. The highest BCUT2D eigenvalue weighted by molar-refractivity contribution is 8.18. The summed E-state index contributed by atoms with van der Waals surface area (Å²) in [6.45, 7) is 2.70. The largest absolute Gasteiger partial charge is 0.417 e. The molecule has 0 aliphatic carbocycles. The molecule has 168 valence electrons. The van der Waals surface area contributed by atoms with Gasteiger partial charge in [-0.05, 0) is 60.9 Å². The zero-order valence-electron chi connectivity index (χ0n) is 17.1. The molecule has 1 fully saturated rings. The number of likely N-dealkylation sites (tertiary alicyclic amines) is 1. The summed E-state index contributed by atoms with van der Waals surface area (Å²) in [4.78, 5) is 18.9. The predicted molar refractivity (Wildman–Crippen MR) is 120 cm³/mol. The third-order valence-corrected chi connectivity index (χ3v) is 7.03. The molecule has 2 aromatic rings. The number of rotatable bonds is 2. The van der Waals surface area contributed by atoms with Gasteiger partial charge in [0.05, 0.1) is 21.1 Å². The molecule has 0 atom stereocenters. The van der Waals surface area contributed by atoms with Gasteiger partial charge in [0.25, 0.3) is 5.91 Å². The van der Waals surface area contributed by atoms with E-state index >= 15 is 0 Å². The van der Waals surface area contributed by atoms with E-state index < -0.39 is 22.4 Å². The standard InChI is InChI=1S/C23H20ClF3N2O2S/c1-14-2-4-15(5-3-14)12-19-20(30)28-21(32-19)29-10-8-22(31,9-11-29)16-6-7-18(24)17(13-16)23(25,26)27/h2-7,12-13,31H,8-11H2,1H3. The van der Waals surface area contributed by atoms with Crippen LogP contribution >= 0.6 is 23.4 Å². The van der Waals surface area contributed by atoms with Crippen LogP contribution in [0.1, 0.15) is 35.1 Å². The minimum atomic E-state index is -4.60. The van der Waals surface area contributed by atoms with Gasteiger partial charge in [-0.15, -0.1) is 0 Å². The van der Waals surface area contributed by atoms with Crippen molar-refractivity contribution in [3.8, 4) is 0 Å². The van der Waals surface area contributed by atoms with Crippen molar-refractivity contribution in [1.29, 1.82) is 0 Å². The second-order valence-corrected chi connectivity index (χ2v) is 9.35. The second-order valence-electron chi connectivity index (χ2n) is 7.93. The quantitative estimate of drug-likeness (QED) is 0.567. The maximum Gasteiger partial charge on any atom is 0.417 e. The fourth-order valence-electron chi connectivity index (χ4n) is 3.74. The summed E-state index contributed by atoms with van der Waals surface area (Å²) in [5.41, 5.74) is -0.154. The van der Waals surface area contributed by atoms with Crippen molar-refractivity contribution in [1.82, 2.24) is 4.90 Å². The van der Waals surface area contributed by atoms with E-state index in [1.54, 1.807) is 6.08 Å². The molecule has 9 heteroatoms. The molecule has 2 aliphatic heterocycles. The molecule has 1 amide bonds. The predicted octanol–water partition coefficient (Wildman–Crippen LogP) is 5.62. The van der Waals surface area contributed by atoms with Gasteiger partial charge in [-0.3, -0.25) is 4.79 Å². The van der Waals surface area contributed by atoms with Gasteiger partial charge in [0.15, 0.2) is 5.17 Å². The lowest BCUT2D eigenvalue weighted by Gasteiger charge is -2.39. The number of piperidine rings is 1. The molecular formula is C23H20ClF3N2O2S. The van der Waals surface area contributed by atoms with Crippen LogP contribution in [-0.2, 0) is 16.6 Å². The fraction of sp³-hybridized carbons (Fsp3) is 0.304. The summed E-state index contributed by atoms with van der Waals surface area (Å²) in [6, 6.07) is 11.3. The molecule has 2 aromatic carbocycles. The molecule has 1 saturated heterocycles. The Balaban J connectivity index is 1.45. The number of hydrogen-bond donors (Lipinski definition) is 1. The van der Waals surface area contributed by atoms with Gasteiger partial charge in [0.1, 0.15) is 0 Å². The van der Waals surface area contributed by atoms with Gasteiger partial charge in [0, 0.05) is 13.1 Å². The number of aliphatic imine (C=N–C) groups is 1. The number of thioether (sulfide) groups is 1. The second kappa shape index (κ2) is 8.57. The Morgan fingerprint density at radius 2 is 1.81 bits per heavy atom. The lowest BCUT2D eigenvalue weighted by molar-refractivity contribution is -0.137. The van der Waals surface area contributed by atoms with Crippen LogP contribution < -0.4 is 0 Å². The monoisotopic (exact) mass is 480 g/mol. The number of amides is 1. The third kappa shape index (κ3) is 4.72. The molecule has 4 rings (SSSR count). The first-order valence-corrected chi connectivity index (χ1v) is 11.2. The molecule has 0 aromatic heterocycles. The van der Waals surface area contributed by atoms with Crippen LogP contribution in [0.5, 0.6) is 0 Å². The molecule has 4 nitrogen and oxygen atoms in total. The average Bonchev–Trinajstić information content (AvgIpc) is 3.10. The van der Waals surface area contributed by atoms with E-state index in [1.165, 1.54) is 23.9 Å². The van der Waals surface area contributed by atoms with Crippen molar-refractivity contribution < 1.29 is 23.1 Å². The highest BCUT2D eigenvalue weighted by atomic mass is 35.5. The van der Waals surface area contributed by atoms with E-state index in [9.17, 15) is 23.1 Å². The number of alkyl halides is 3. The lowest BCUT2D eigenvalue weighted by atomic mass is 9.84. The number of aliphatic hydroxyl groups is 1. The molecular weight excluding hydrogens is 461 g/mol. The van der Waals surface area contributed by atoms with Crippen molar-refractivity contribution in [2.45, 2.75) is 31.5 Å². The number of carbonyl (C=O) groups excluding carboxylic acids is 1. The van der Waals surface area contributed by atoms with Crippen molar-refractivity contribution in [3.63, 3.8) is 0 Å². The first kappa shape index (κ1) is 22.9. The first-order valence-electron chi connectivity index (χ1n) is 9.99. The van der Waals surface area contributed by atoms with Crippen LogP contribution in [0.2, 0.25) is 5.02 Å². The van der Waals surface area contributed by atoms with Crippen molar-refractivity contribution >= 4 is 40.5 Å². The highest BCUT2D eigenvalue weighted by Gasteiger charge is 2.39. The van der Waals surface area contributed by atoms with E-state index in [4.69, 9.17) is 11.6 Å². The van der Waals surface area contributed by atoms with E-state index in [0.717, 1.165) is 17.2 Å². The summed E-state index contributed by atoms with van der Waals surface area (Å²) >= 11 is 6.97. The molecule has 0 radical (unpaired) electrons. The summed E-state index contributed by atoms with van der Waals surface area (Å²) in [7, 11) is 0. The molecule has 2 heterocycles. The normalized spacial score (nSPS) is 20.1. The van der Waals surface area contributed by atoms with E-state index in [0.29, 0.717) is 23.2 Å². The average molecular weight is 481 g/mol. The third-order valence-electron chi connectivity index (χ3n) is 5.65. The molecule has 0 spiro atoms. The molecule has 0 unspecified atom stereocenters. The SMILES string of the molecule is Cc1ccc(C=C2SC(N3CCC(O)(c4ccc(Cl)c(C(F)(F)F)c4)CC3)=NC2=O)cc1. The summed E-state index contributed by atoms with van der Waals surface area (Å²) in [5.74, 6) is -0.320. The summed E-state index contributed by atoms with van der Waals surface area (Å²) < 4.78 is 39.6. The van der Waals surface area contributed by atoms with Crippen LogP contribution in [0.3, 0.4) is 0 Å². The van der Waals surface area contributed by atoms with Gasteiger partial charge in [-0.1, -0.05) is 47.5 Å². The number of nitrogens with zero attached hydrogens (tertiary/aromatic N) is 2. The Bertz CT molecular complexity index is 1110. The van der Waals surface area contributed by atoms with Gasteiger partial charge >= 0.3 is 6.18 Å². The minimum Gasteiger partial charge on any atom is -0.385 e. The van der Waals surface area contributed by atoms with Crippen molar-refractivity contribution in [3.05, 3.63) is 74.6 Å². The van der Waals surface area contributed by atoms with Gasteiger partial charge in [-0.25, -0.2) is 0 Å². The maximum atomic E-state index is 13.2. The topological polar surface area (TPSA) is 52.9 Å². The van der Waals surface area contributed by atoms with Crippen LogP contribution in [0, 0.1) is 6.92 Å². The maximum absolute atomic E-state index is 13.2. The van der Waals surface area contributed by atoms with Crippen LogP contribution in [0.4, 0.5) is 13.2 Å². The Kier molecular flexibility index (Phi) is 6.13.